The van der Waals surface area contributed by atoms with Gasteiger partial charge in [0.2, 0.25) is 0 Å². The second-order valence-corrected chi connectivity index (χ2v) is 6.01. The molecule has 3 heterocycles. The summed E-state index contributed by atoms with van der Waals surface area (Å²) in [7, 11) is 0. The van der Waals surface area contributed by atoms with Gasteiger partial charge in [0.15, 0.2) is 0 Å². The van der Waals surface area contributed by atoms with Gasteiger partial charge in [0, 0.05) is 11.9 Å². The monoisotopic (exact) mass is 337 g/mol. The highest BCUT2D eigenvalue weighted by molar-refractivity contribution is 9.09. The summed E-state index contributed by atoms with van der Waals surface area (Å²) in [5, 5.41) is 4.84. The third-order valence-electron chi connectivity index (χ3n) is 2.83. The molecule has 1 amide bonds. The largest absolute Gasteiger partial charge is 0.352 e. The number of alkyl halides is 1. The second-order valence-electron chi connectivity index (χ2n) is 4.15. The van der Waals surface area contributed by atoms with E-state index in [9.17, 15) is 4.79 Å². The fourth-order valence-corrected chi connectivity index (χ4v) is 3.24. The molecule has 1 aliphatic heterocycles. The lowest BCUT2D eigenvalue weighted by Gasteiger charge is -2.14. The van der Waals surface area contributed by atoms with E-state index in [-0.39, 0.29) is 5.91 Å². The van der Waals surface area contributed by atoms with Gasteiger partial charge in [-0.3, -0.25) is 9.20 Å². The van der Waals surface area contributed by atoms with Crippen LogP contribution in [-0.2, 0) is 4.79 Å². The van der Waals surface area contributed by atoms with Crippen molar-refractivity contribution in [2.45, 2.75) is 11.4 Å². The molecule has 0 aliphatic carbocycles. The lowest BCUT2D eigenvalue weighted by molar-refractivity contribution is -0.116. The van der Waals surface area contributed by atoms with Gasteiger partial charge in [-0.05, 0) is 24.6 Å². The van der Waals surface area contributed by atoms with Crippen LogP contribution in [0.25, 0.3) is 11.7 Å². The van der Waals surface area contributed by atoms with Crippen LogP contribution in [0.3, 0.4) is 0 Å². The third-order valence-corrected chi connectivity index (χ3v) is 4.45. The van der Waals surface area contributed by atoms with Crippen LogP contribution in [0.1, 0.15) is 12.1 Å². The zero-order valence-corrected chi connectivity index (χ0v) is 12.5. The first-order chi connectivity index (χ1) is 9.29. The molecule has 0 unspecified atom stereocenters. The summed E-state index contributed by atoms with van der Waals surface area (Å²) in [4.78, 5) is 17.1. The van der Waals surface area contributed by atoms with Crippen LogP contribution in [-0.4, -0.2) is 27.2 Å². The molecule has 0 aromatic carbocycles. The average molecular weight is 338 g/mol. The van der Waals surface area contributed by atoms with Gasteiger partial charge in [0.25, 0.3) is 5.91 Å². The van der Waals surface area contributed by atoms with Crippen molar-refractivity contribution in [1.29, 1.82) is 0 Å². The molecule has 0 bridgehead atoms. The van der Waals surface area contributed by atoms with E-state index in [1.54, 1.807) is 6.20 Å². The molecule has 0 fully saturated rings. The van der Waals surface area contributed by atoms with E-state index in [1.807, 2.05) is 24.3 Å². The van der Waals surface area contributed by atoms with Crippen LogP contribution in [0.4, 0.5) is 0 Å². The molecule has 0 atom stereocenters. The van der Waals surface area contributed by atoms with Crippen LogP contribution in [0.15, 0.2) is 34.3 Å². The number of carbonyl (C=O) groups excluding carboxylic acids is 1. The Hall–Kier alpha value is -1.27. The third kappa shape index (κ3) is 2.42. The molecule has 98 valence electrons. The highest BCUT2D eigenvalue weighted by Gasteiger charge is 2.19. The van der Waals surface area contributed by atoms with Crippen LogP contribution in [0.5, 0.6) is 0 Å². The van der Waals surface area contributed by atoms with Crippen molar-refractivity contribution in [3.05, 3.63) is 35.0 Å². The minimum atomic E-state index is -0.0181. The first-order valence-corrected chi connectivity index (χ1v) is 7.93. The van der Waals surface area contributed by atoms with Gasteiger partial charge in [-0.25, -0.2) is 4.98 Å². The Balaban J connectivity index is 1.87. The van der Waals surface area contributed by atoms with E-state index in [0.29, 0.717) is 6.54 Å². The van der Waals surface area contributed by atoms with Gasteiger partial charge in [0.05, 0.1) is 21.8 Å². The molecule has 19 heavy (non-hydrogen) atoms. The van der Waals surface area contributed by atoms with Crippen LogP contribution < -0.4 is 5.32 Å². The van der Waals surface area contributed by atoms with Crippen LogP contribution >= 0.6 is 27.7 Å². The van der Waals surface area contributed by atoms with Gasteiger partial charge in [0.1, 0.15) is 5.65 Å². The number of hydrogen-bond donors (Lipinski definition) is 1. The number of amides is 1. The number of carbonyl (C=O) groups is 1. The number of aromatic nitrogens is 2. The predicted molar refractivity (Wildman–Crippen MR) is 80.4 cm³/mol. The minimum absolute atomic E-state index is 0.0181. The molecule has 4 nitrogen and oxygen atoms in total. The van der Waals surface area contributed by atoms with E-state index < -0.39 is 0 Å². The number of imidazole rings is 1. The lowest BCUT2D eigenvalue weighted by Crippen LogP contribution is -2.25. The Bertz CT molecular complexity index is 665. The summed E-state index contributed by atoms with van der Waals surface area (Å²) < 4.78 is 2.06. The summed E-state index contributed by atoms with van der Waals surface area (Å²) in [5.74, 6) is -0.0181. The first-order valence-electron chi connectivity index (χ1n) is 6.00. The van der Waals surface area contributed by atoms with Gasteiger partial charge < -0.3 is 5.32 Å². The van der Waals surface area contributed by atoms with Crippen LogP contribution in [0, 0.1) is 0 Å². The van der Waals surface area contributed by atoms with Crippen molar-refractivity contribution in [3.63, 3.8) is 0 Å². The molecule has 2 aromatic rings. The zero-order chi connectivity index (χ0) is 13.2. The topological polar surface area (TPSA) is 46.4 Å². The minimum Gasteiger partial charge on any atom is -0.352 e. The van der Waals surface area contributed by atoms with Gasteiger partial charge in [-0.1, -0.05) is 33.8 Å². The molecule has 0 spiro atoms. The number of rotatable bonds is 4. The lowest BCUT2D eigenvalue weighted by atomic mass is 10.3. The molecule has 6 heteroatoms. The quantitative estimate of drug-likeness (QED) is 0.689. The number of halogens is 1. The molecule has 0 radical (unpaired) electrons. The zero-order valence-electron chi connectivity index (χ0n) is 10.1. The van der Waals surface area contributed by atoms with Crippen molar-refractivity contribution in [2.75, 3.05) is 11.9 Å². The van der Waals surface area contributed by atoms with Crippen molar-refractivity contribution >= 4 is 45.3 Å². The molecule has 0 saturated heterocycles. The Morgan fingerprint density at radius 1 is 1.47 bits per heavy atom. The van der Waals surface area contributed by atoms with E-state index >= 15 is 0 Å². The maximum absolute atomic E-state index is 12.1. The summed E-state index contributed by atoms with van der Waals surface area (Å²) in [6.07, 6.45) is 4.61. The van der Waals surface area contributed by atoms with Crippen LogP contribution in [0.2, 0.25) is 0 Å². The standard InChI is InChI=1S/C13H12BrN3OS/c14-5-2-6-15-13(18)10-7-9-8-16-11-3-1-4-12(19-10)17(9)11/h1,3-4,7-8H,2,5-6H2,(H,15,18). The molecular weight excluding hydrogens is 326 g/mol. The van der Waals surface area contributed by atoms with E-state index in [1.165, 1.54) is 11.8 Å². The fourth-order valence-electron chi connectivity index (χ4n) is 1.95. The summed E-state index contributed by atoms with van der Waals surface area (Å²) >= 11 is 4.83. The Kier molecular flexibility index (Phi) is 3.61. The second kappa shape index (κ2) is 5.38. The smallest absolute Gasteiger partial charge is 0.258 e. The van der Waals surface area contributed by atoms with Gasteiger partial charge >= 0.3 is 0 Å². The summed E-state index contributed by atoms with van der Waals surface area (Å²) in [6.45, 7) is 0.686. The first kappa shape index (κ1) is 12.7. The van der Waals surface area contributed by atoms with E-state index in [4.69, 9.17) is 0 Å². The fraction of sp³-hybridized carbons (Fsp3) is 0.231. The molecule has 1 aliphatic rings. The molecular formula is C13H12BrN3OS. The average Bonchev–Trinajstić information content (AvgIpc) is 2.84. The highest BCUT2D eigenvalue weighted by Crippen LogP contribution is 2.34. The van der Waals surface area contributed by atoms with E-state index in [0.717, 1.165) is 33.0 Å². The summed E-state index contributed by atoms with van der Waals surface area (Å²) in [6, 6.07) is 5.92. The molecule has 3 rings (SSSR count). The maximum atomic E-state index is 12.1. The molecule has 0 saturated carbocycles. The molecule has 2 aromatic heterocycles. The highest BCUT2D eigenvalue weighted by atomic mass is 79.9. The number of nitrogens with zero attached hydrogens (tertiary/aromatic N) is 2. The number of thioether (sulfide) groups is 1. The van der Waals surface area contributed by atoms with Crippen molar-refractivity contribution < 1.29 is 4.79 Å². The van der Waals surface area contributed by atoms with Gasteiger partial charge in [-0.2, -0.15) is 0 Å². The SMILES string of the molecule is O=C(NCCCBr)C1=Cc2cnc3cccc(n23)S1. The predicted octanol–water partition coefficient (Wildman–Crippen LogP) is 2.68. The maximum Gasteiger partial charge on any atom is 0.258 e. The van der Waals surface area contributed by atoms with Crippen molar-refractivity contribution in [3.8, 4) is 0 Å². The summed E-state index contributed by atoms with van der Waals surface area (Å²) in [5.41, 5.74) is 1.87. The van der Waals surface area contributed by atoms with Crippen molar-refractivity contribution in [2.24, 2.45) is 0 Å². The Morgan fingerprint density at radius 3 is 3.21 bits per heavy atom. The number of pyridine rings is 1. The molecule has 1 N–H and O–H groups in total. The Labute approximate surface area is 123 Å². The van der Waals surface area contributed by atoms with Gasteiger partial charge in [-0.15, -0.1) is 0 Å². The number of nitrogens with one attached hydrogen (secondary N) is 1. The van der Waals surface area contributed by atoms with Crippen molar-refractivity contribution in [1.82, 2.24) is 14.7 Å². The Morgan fingerprint density at radius 2 is 2.37 bits per heavy atom. The van der Waals surface area contributed by atoms with E-state index in [2.05, 4.69) is 30.6 Å². The normalized spacial score (nSPS) is 13.4. The number of hydrogen-bond acceptors (Lipinski definition) is 3.